The van der Waals surface area contributed by atoms with Gasteiger partial charge in [-0.2, -0.15) is 0 Å². The van der Waals surface area contributed by atoms with Gasteiger partial charge in [0.15, 0.2) is 0 Å². The highest BCUT2D eigenvalue weighted by Gasteiger charge is 2.19. The molecule has 0 amide bonds. The van der Waals surface area contributed by atoms with Gasteiger partial charge in [0.1, 0.15) is 11.6 Å². The first-order valence-electron chi connectivity index (χ1n) is 5.96. The first kappa shape index (κ1) is 13.6. The molecule has 0 bridgehead atoms. The van der Waals surface area contributed by atoms with Crippen LogP contribution in [0.3, 0.4) is 0 Å². The number of nitrogens with zero attached hydrogens (tertiary/aromatic N) is 2. The summed E-state index contributed by atoms with van der Waals surface area (Å²) in [7, 11) is 0. The predicted molar refractivity (Wildman–Crippen MR) is 74.0 cm³/mol. The highest BCUT2D eigenvalue weighted by Crippen LogP contribution is 2.31. The average molecular weight is 289 g/mol. The minimum absolute atomic E-state index is 0.112. The van der Waals surface area contributed by atoms with Crippen molar-refractivity contribution < 1.29 is 4.39 Å². The second-order valence-corrected chi connectivity index (χ2v) is 5.53. The molecule has 0 aliphatic heterocycles. The molecule has 2 aromatic rings. The first-order chi connectivity index (χ1) is 8.45. The zero-order valence-corrected chi connectivity index (χ0v) is 12.1. The molecule has 2 unspecified atom stereocenters. The van der Waals surface area contributed by atoms with Gasteiger partial charge in [0.25, 0.3) is 0 Å². The van der Waals surface area contributed by atoms with Crippen molar-refractivity contribution in [3.63, 3.8) is 0 Å². The third kappa shape index (κ3) is 2.21. The van der Waals surface area contributed by atoms with Crippen molar-refractivity contribution in [3.8, 4) is 0 Å². The Morgan fingerprint density at radius 1 is 1.39 bits per heavy atom. The number of rotatable bonds is 3. The van der Waals surface area contributed by atoms with Crippen molar-refractivity contribution in [2.24, 2.45) is 0 Å². The van der Waals surface area contributed by atoms with Gasteiger partial charge in [0.2, 0.25) is 0 Å². The molecule has 0 saturated carbocycles. The monoisotopic (exact) mass is 288 g/mol. The molecule has 0 aliphatic carbocycles. The molecule has 0 aliphatic rings. The standard InChI is InChI=1S/C13H15Cl2FN2/c1-4-7(2)18-12-5-9(15)10(16)6-11(12)17-13(18)8(3)14/h5-8H,4H2,1-3H3. The Hall–Kier alpha value is -0.800. The second-order valence-electron chi connectivity index (χ2n) is 4.47. The van der Waals surface area contributed by atoms with Crippen molar-refractivity contribution in [2.75, 3.05) is 0 Å². The molecule has 1 heterocycles. The van der Waals surface area contributed by atoms with E-state index in [1.165, 1.54) is 6.07 Å². The second kappa shape index (κ2) is 5.06. The molecule has 5 heteroatoms. The van der Waals surface area contributed by atoms with E-state index in [1.54, 1.807) is 6.07 Å². The molecule has 98 valence electrons. The third-order valence-electron chi connectivity index (χ3n) is 3.15. The van der Waals surface area contributed by atoms with Crippen LogP contribution in [0.5, 0.6) is 0 Å². The number of fused-ring (bicyclic) bond motifs is 1. The lowest BCUT2D eigenvalue weighted by Gasteiger charge is -2.16. The fourth-order valence-corrected chi connectivity index (χ4v) is 2.35. The van der Waals surface area contributed by atoms with Crippen molar-refractivity contribution in [2.45, 2.75) is 38.6 Å². The van der Waals surface area contributed by atoms with Gasteiger partial charge < -0.3 is 4.57 Å². The Morgan fingerprint density at radius 2 is 2.06 bits per heavy atom. The van der Waals surface area contributed by atoms with Crippen LogP contribution in [-0.4, -0.2) is 9.55 Å². The SMILES string of the molecule is CCC(C)n1c(C(C)Cl)nc2cc(F)c(Cl)cc21. The third-order valence-corrected chi connectivity index (χ3v) is 3.63. The lowest BCUT2D eigenvalue weighted by Crippen LogP contribution is -2.09. The molecule has 0 saturated heterocycles. The molecule has 18 heavy (non-hydrogen) atoms. The van der Waals surface area contributed by atoms with E-state index in [9.17, 15) is 4.39 Å². The summed E-state index contributed by atoms with van der Waals surface area (Å²) in [6.45, 7) is 6.03. The molecule has 2 nitrogen and oxygen atoms in total. The summed E-state index contributed by atoms with van der Waals surface area (Å²) in [4.78, 5) is 4.42. The van der Waals surface area contributed by atoms with Gasteiger partial charge in [-0.25, -0.2) is 9.37 Å². The van der Waals surface area contributed by atoms with E-state index in [4.69, 9.17) is 23.2 Å². The molecule has 1 aromatic heterocycles. The van der Waals surface area contributed by atoms with Gasteiger partial charge in [-0.05, 0) is 26.3 Å². The van der Waals surface area contributed by atoms with Crippen LogP contribution in [0, 0.1) is 5.82 Å². The van der Waals surface area contributed by atoms with Crippen LogP contribution in [0.25, 0.3) is 11.0 Å². The zero-order chi connectivity index (χ0) is 13.4. The van der Waals surface area contributed by atoms with Crippen LogP contribution in [0.1, 0.15) is 44.4 Å². The van der Waals surface area contributed by atoms with Crippen molar-refractivity contribution in [1.82, 2.24) is 9.55 Å². The van der Waals surface area contributed by atoms with E-state index in [2.05, 4.69) is 18.8 Å². The number of aromatic nitrogens is 2. The number of hydrogen-bond acceptors (Lipinski definition) is 1. The first-order valence-corrected chi connectivity index (χ1v) is 6.78. The number of hydrogen-bond donors (Lipinski definition) is 0. The van der Waals surface area contributed by atoms with E-state index in [1.807, 2.05) is 11.5 Å². The van der Waals surface area contributed by atoms with Crippen LogP contribution in [0.2, 0.25) is 5.02 Å². The Labute approximate surface area is 116 Å². The molecule has 0 N–H and O–H groups in total. The maximum atomic E-state index is 13.5. The molecular formula is C13H15Cl2FN2. The number of benzene rings is 1. The average Bonchev–Trinajstić information content (AvgIpc) is 2.67. The van der Waals surface area contributed by atoms with Gasteiger partial charge in [-0.15, -0.1) is 11.6 Å². The summed E-state index contributed by atoms with van der Waals surface area (Å²) in [6.07, 6.45) is 0.942. The van der Waals surface area contributed by atoms with Crippen molar-refractivity contribution >= 4 is 34.2 Å². The Kier molecular flexibility index (Phi) is 3.83. The van der Waals surface area contributed by atoms with Gasteiger partial charge in [-0.3, -0.25) is 0 Å². The fraction of sp³-hybridized carbons (Fsp3) is 0.462. The van der Waals surface area contributed by atoms with E-state index in [0.29, 0.717) is 5.52 Å². The lowest BCUT2D eigenvalue weighted by molar-refractivity contribution is 0.522. The Morgan fingerprint density at radius 3 is 2.61 bits per heavy atom. The molecule has 0 radical (unpaired) electrons. The number of imidazole rings is 1. The minimum atomic E-state index is -0.452. The Bertz CT molecular complexity index is 578. The summed E-state index contributed by atoms with van der Waals surface area (Å²) in [5.41, 5.74) is 1.43. The molecule has 2 atom stereocenters. The summed E-state index contributed by atoms with van der Waals surface area (Å²) < 4.78 is 15.5. The smallest absolute Gasteiger partial charge is 0.144 e. The summed E-state index contributed by atoms with van der Waals surface area (Å²) >= 11 is 12.0. The minimum Gasteiger partial charge on any atom is -0.324 e. The van der Waals surface area contributed by atoms with Crippen LogP contribution in [-0.2, 0) is 0 Å². The fourth-order valence-electron chi connectivity index (χ4n) is 2.04. The lowest BCUT2D eigenvalue weighted by atomic mass is 10.2. The summed E-state index contributed by atoms with van der Waals surface area (Å²) in [6, 6.07) is 3.22. The zero-order valence-electron chi connectivity index (χ0n) is 10.5. The van der Waals surface area contributed by atoms with E-state index >= 15 is 0 Å². The normalized spacial score (nSPS) is 15.0. The molecule has 0 fully saturated rings. The predicted octanol–water partition coefficient (Wildman–Crippen LogP) is 5.10. The van der Waals surface area contributed by atoms with E-state index in [-0.39, 0.29) is 16.4 Å². The van der Waals surface area contributed by atoms with Gasteiger partial charge >= 0.3 is 0 Å². The maximum absolute atomic E-state index is 13.5. The summed E-state index contributed by atoms with van der Waals surface area (Å²) in [5, 5.41) is -0.117. The molecule has 1 aromatic carbocycles. The van der Waals surface area contributed by atoms with E-state index in [0.717, 1.165) is 17.8 Å². The van der Waals surface area contributed by atoms with E-state index < -0.39 is 5.82 Å². The largest absolute Gasteiger partial charge is 0.324 e. The topological polar surface area (TPSA) is 17.8 Å². The maximum Gasteiger partial charge on any atom is 0.144 e. The summed E-state index contributed by atoms with van der Waals surface area (Å²) in [5.74, 6) is 0.300. The van der Waals surface area contributed by atoms with Crippen molar-refractivity contribution in [1.29, 1.82) is 0 Å². The van der Waals surface area contributed by atoms with Gasteiger partial charge in [-0.1, -0.05) is 18.5 Å². The van der Waals surface area contributed by atoms with Crippen molar-refractivity contribution in [3.05, 3.63) is 28.8 Å². The van der Waals surface area contributed by atoms with Crippen LogP contribution < -0.4 is 0 Å². The highest BCUT2D eigenvalue weighted by atomic mass is 35.5. The molecule has 2 rings (SSSR count). The number of alkyl halides is 1. The molecule has 0 spiro atoms. The van der Waals surface area contributed by atoms with Crippen LogP contribution in [0.15, 0.2) is 12.1 Å². The molecular weight excluding hydrogens is 274 g/mol. The van der Waals surface area contributed by atoms with Gasteiger partial charge in [0.05, 0.1) is 21.4 Å². The number of halogens is 3. The van der Waals surface area contributed by atoms with Crippen LogP contribution in [0.4, 0.5) is 4.39 Å². The Balaban J connectivity index is 2.77. The highest BCUT2D eigenvalue weighted by molar-refractivity contribution is 6.31. The van der Waals surface area contributed by atoms with Gasteiger partial charge in [0, 0.05) is 12.1 Å². The quantitative estimate of drug-likeness (QED) is 0.719. The van der Waals surface area contributed by atoms with Crippen LogP contribution >= 0.6 is 23.2 Å².